The number of rotatable bonds is 5. The van der Waals surface area contributed by atoms with E-state index in [-0.39, 0.29) is 0 Å². The summed E-state index contributed by atoms with van der Waals surface area (Å²) in [5.74, 6) is 0.824. The fourth-order valence-electron chi connectivity index (χ4n) is 2.21. The van der Waals surface area contributed by atoms with Gasteiger partial charge in [0, 0.05) is 28.4 Å². The third kappa shape index (κ3) is 3.40. The quantitative estimate of drug-likeness (QED) is 0.708. The van der Waals surface area contributed by atoms with Crippen molar-refractivity contribution < 1.29 is 4.74 Å². The van der Waals surface area contributed by atoms with E-state index in [1.165, 1.54) is 11.3 Å². The number of halogens is 1. The molecule has 1 heterocycles. The van der Waals surface area contributed by atoms with Gasteiger partial charge < -0.3 is 10.1 Å². The number of aromatic nitrogens is 1. The molecule has 0 amide bonds. The minimum absolute atomic E-state index is 0.561. The maximum absolute atomic E-state index is 5.88. The molecule has 0 unspecified atom stereocenters. The minimum atomic E-state index is 0.561. The summed E-state index contributed by atoms with van der Waals surface area (Å²) >= 11 is 7.36. The lowest BCUT2D eigenvalue weighted by Gasteiger charge is -2.13. The van der Waals surface area contributed by atoms with Crippen LogP contribution < -0.4 is 10.1 Å². The summed E-state index contributed by atoms with van der Waals surface area (Å²) in [7, 11) is 1.67. The van der Waals surface area contributed by atoms with Gasteiger partial charge in [-0.15, -0.1) is 11.3 Å². The lowest BCUT2D eigenvalue weighted by Crippen LogP contribution is -2.00. The van der Waals surface area contributed by atoms with Gasteiger partial charge in [-0.1, -0.05) is 41.9 Å². The van der Waals surface area contributed by atoms with E-state index in [4.69, 9.17) is 16.3 Å². The summed E-state index contributed by atoms with van der Waals surface area (Å²) in [6, 6.07) is 16.3. The third-order valence-electron chi connectivity index (χ3n) is 3.29. The largest absolute Gasteiger partial charge is 0.497 e. The standard InChI is InChI=1S/C17H15ClN2OS/c1-21-13-7-8-15(12-5-3-2-4-6-12)16(9-13)19-10-14-11-20-17(18)22-14/h2-9,11,19H,10H2,1H3. The van der Waals surface area contributed by atoms with Gasteiger partial charge >= 0.3 is 0 Å². The molecule has 0 saturated carbocycles. The van der Waals surface area contributed by atoms with Crippen molar-refractivity contribution in [3.05, 3.63) is 64.1 Å². The number of hydrogen-bond acceptors (Lipinski definition) is 4. The predicted octanol–water partition coefficient (Wildman–Crippen LogP) is 5.08. The highest BCUT2D eigenvalue weighted by molar-refractivity contribution is 7.15. The van der Waals surface area contributed by atoms with Gasteiger partial charge in [0.1, 0.15) is 5.75 Å². The number of ether oxygens (including phenoxy) is 1. The van der Waals surface area contributed by atoms with Gasteiger partial charge in [0.25, 0.3) is 0 Å². The second-order valence-electron chi connectivity index (χ2n) is 4.71. The van der Waals surface area contributed by atoms with Crippen LogP contribution in [-0.2, 0) is 6.54 Å². The summed E-state index contributed by atoms with van der Waals surface area (Å²) in [6.45, 7) is 0.678. The molecule has 1 aromatic heterocycles. The molecule has 2 aromatic carbocycles. The molecule has 0 fully saturated rings. The molecule has 0 radical (unpaired) electrons. The van der Waals surface area contributed by atoms with Gasteiger partial charge in [0.2, 0.25) is 0 Å². The molecule has 0 bridgehead atoms. The van der Waals surface area contributed by atoms with Crippen LogP contribution in [0.15, 0.2) is 54.7 Å². The Morgan fingerprint density at radius 2 is 2.00 bits per heavy atom. The second kappa shape index (κ2) is 6.81. The molecule has 0 aliphatic heterocycles. The fraction of sp³-hybridized carbons (Fsp3) is 0.118. The van der Waals surface area contributed by atoms with Crippen molar-refractivity contribution in [3.8, 4) is 16.9 Å². The Hall–Kier alpha value is -2.04. The van der Waals surface area contributed by atoms with Crippen LogP contribution in [0, 0.1) is 0 Å². The number of hydrogen-bond donors (Lipinski definition) is 1. The molecule has 112 valence electrons. The molecule has 0 spiro atoms. The normalized spacial score (nSPS) is 10.5. The molecular formula is C17H15ClN2OS. The number of methoxy groups -OCH3 is 1. The van der Waals surface area contributed by atoms with Crippen molar-refractivity contribution >= 4 is 28.6 Å². The third-order valence-corrected chi connectivity index (χ3v) is 4.40. The van der Waals surface area contributed by atoms with Gasteiger partial charge in [-0.05, 0) is 17.7 Å². The molecule has 1 N–H and O–H groups in total. The zero-order chi connectivity index (χ0) is 15.4. The Morgan fingerprint density at radius 3 is 2.68 bits per heavy atom. The van der Waals surface area contributed by atoms with Crippen LogP contribution in [-0.4, -0.2) is 12.1 Å². The van der Waals surface area contributed by atoms with Crippen molar-refractivity contribution in [2.24, 2.45) is 0 Å². The average Bonchev–Trinajstić information content (AvgIpc) is 2.99. The number of anilines is 1. The van der Waals surface area contributed by atoms with E-state index in [2.05, 4.69) is 28.5 Å². The molecule has 0 aliphatic carbocycles. The van der Waals surface area contributed by atoms with Gasteiger partial charge in [-0.25, -0.2) is 4.98 Å². The first-order valence-corrected chi connectivity index (χ1v) is 8.03. The van der Waals surface area contributed by atoms with Gasteiger partial charge in [-0.3, -0.25) is 0 Å². The van der Waals surface area contributed by atoms with Crippen molar-refractivity contribution in [3.63, 3.8) is 0 Å². The topological polar surface area (TPSA) is 34.1 Å². The van der Waals surface area contributed by atoms with Gasteiger partial charge in [0.15, 0.2) is 4.47 Å². The summed E-state index contributed by atoms with van der Waals surface area (Å²) < 4.78 is 5.89. The number of nitrogens with one attached hydrogen (secondary N) is 1. The SMILES string of the molecule is COc1ccc(-c2ccccc2)c(NCc2cnc(Cl)s2)c1. The zero-order valence-electron chi connectivity index (χ0n) is 12.0. The van der Waals surface area contributed by atoms with Crippen LogP contribution in [0.3, 0.4) is 0 Å². The smallest absolute Gasteiger partial charge is 0.183 e. The van der Waals surface area contributed by atoms with E-state index < -0.39 is 0 Å². The van der Waals surface area contributed by atoms with Crippen LogP contribution in [0.1, 0.15) is 4.88 Å². The number of thiazole rings is 1. The predicted molar refractivity (Wildman–Crippen MR) is 92.9 cm³/mol. The number of benzene rings is 2. The lowest BCUT2D eigenvalue weighted by atomic mass is 10.0. The zero-order valence-corrected chi connectivity index (χ0v) is 13.6. The monoisotopic (exact) mass is 330 g/mol. The second-order valence-corrected chi connectivity index (χ2v) is 6.41. The molecular weight excluding hydrogens is 316 g/mol. The Bertz CT molecular complexity index is 758. The van der Waals surface area contributed by atoms with E-state index in [0.29, 0.717) is 11.0 Å². The van der Waals surface area contributed by atoms with Gasteiger partial charge in [0.05, 0.1) is 13.7 Å². The first-order valence-electron chi connectivity index (χ1n) is 6.84. The Kier molecular flexibility index (Phi) is 4.61. The van der Waals surface area contributed by atoms with E-state index in [1.807, 2.05) is 30.3 Å². The van der Waals surface area contributed by atoms with Crippen molar-refractivity contribution in [2.45, 2.75) is 6.54 Å². The van der Waals surface area contributed by atoms with Crippen molar-refractivity contribution in [2.75, 3.05) is 12.4 Å². The van der Waals surface area contributed by atoms with Crippen LogP contribution in [0.25, 0.3) is 11.1 Å². The van der Waals surface area contributed by atoms with E-state index in [1.54, 1.807) is 13.3 Å². The van der Waals surface area contributed by atoms with Crippen molar-refractivity contribution in [1.82, 2.24) is 4.98 Å². The highest BCUT2D eigenvalue weighted by Crippen LogP contribution is 2.32. The molecule has 0 saturated heterocycles. The maximum Gasteiger partial charge on any atom is 0.183 e. The van der Waals surface area contributed by atoms with Crippen LogP contribution in [0.2, 0.25) is 4.47 Å². The summed E-state index contributed by atoms with van der Waals surface area (Å²) in [4.78, 5) is 5.15. The van der Waals surface area contributed by atoms with Crippen LogP contribution in [0.5, 0.6) is 5.75 Å². The first kappa shape index (κ1) is 14.9. The summed E-state index contributed by atoms with van der Waals surface area (Å²) in [5, 5.41) is 3.45. The molecule has 0 aliphatic rings. The fourth-order valence-corrected chi connectivity index (χ4v) is 3.13. The van der Waals surface area contributed by atoms with Gasteiger partial charge in [-0.2, -0.15) is 0 Å². The molecule has 3 rings (SSSR count). The summed E-state index contributed by atoms with van der Waals surface area (Å²) in [5.41, 5.74) is 3.32. The summed E-state index contributed by atoms with van der Waals surface area (Å²) in [6.07, 6.45) is 1.79. The maximum atomic E-state index is 5.88. The van der Waals surface area contributed by atoms with Crippen molar-refractivity contribution in [1.29, 1.82) is 0 Å². The molecule has 0 atom stereocenters. The van der Waals surface area contributed by atoms with E-state index in [9.17, 15) is 0 Å². The van der Waals surface area contributed by atoms with Crippen LogP contribution >= 0.6 is 22.9 Å². The molecule has 3 nitrogen and oxygen atoms in total. The first-order chi connectivity index (χ1) is 10.8. The lowest BCUT2D eigenvalue weighted by molar-refractivity contribution is 0.415. The molecule has 3 aromatic rings. The molecule has 22 heavy (non-hydrogen) atoms. The Morgan fingerprint density at radius 1 is 1.18 bits per heavy atom. The van der Waals surface area contributed by atoms with E-state index in [0.717, 1.165) is 27.4 Å². The number of nitrogens with zero attached hydrogens (tertiary/aromatic N) is 1. The Labute approximate surface area is 138 Å². The minimum Gasteiger partial charge on any atom is -0.497 e. The van der Waals surface area contributed by atoms with E-state index >= 15 is 0 Å². The highest BCUT2D eigenvalue weighted by atomic mass is 35.5. The average molecular weight is 331 g/mol. The Balaban J connectivity index is 1.90. The van der Waals surface area contributed by atoms with Crippen LogP contribution in [0.4, 0.5) is 5.69 Å². The molecule has 5 heteroatoms. The highest BCUT2D eigenvalue weighted by Gasteiger charge is 2.07.